The third-order valence-electron chi connectivity index (χ3n) is 3.94. The van der Waals surface area contributed by atoms with E-state index in [1.807, 2.05) is 18.2 Å². The minimum atomic E-state index is -0.745. The highest BCUT2D eigenvalue weighted by molar-refractivity contribution is 5.71. The van der Waals surface area contributed by atoms with Gasteiger partial charge in [-0.15, -0.1) is 0 Å². The Morgan fingerprint density at radius 2 is 2.24 bits per heavy atom. The Balaban J connectivity index is 1.73. The monoisotopic (exact) mass is 287 g/mol. The highest BCUT2D eigenvalue weighted by atomic mass is 16.5. The average Bonchev–Trinajstić information content (AvgIpc) is 2.97. The van der Waals surface area contributed by atoms with Crippen LogP contribution in [0.25, 0.3) is 11.3 Å². The lowest BCUT2D eigenvalue weighted by atomic mass is 9.83. The van der Waals surface area contributed by atoms with Gasteiger partial charge >= 0.3 is 5.97 Å². The number of aromatic nitrogens is 2. The zero-order valence-corrected chi connectivity index (χ0v) is 11.5. The van der Waals surface area contributed by atoms with E-state index < -0.39 is 5.97 Å². The van der Waals surface area contributed by atoms with E-state index in [2.05, 4.69) is 15.5 Å². The zero-order chi connectivity index (χ0) is 14.7. The van der Waals surface area contributed by atoms with Crippen LogP contribution in [-0.4, -0.2) is 34.3 Å². The molecule has 2 atom stereocenters. The van der Waals surface area contributed by atoms with Gasteiger partial charge in [0.25, 0.3) is 0 Å². The number of carboxylic acid groups (broad SMARTS) is 1. The molecule has 6 nitrogen and oxygen atoms in total. The first-order valence-corrected chi connectivity index (χ1v) is 7.03. The summed E-state index contributed by atoms with van der Waals surface area (Å²) in [6.07, 6.45) is 4.87. The molecule has 0 aliphatic carbocycles. The molecule has 2 N–H and O–H groups in total. The maximum absolute atomic E-state index is 11.3. The fourth-order valence-electron chi connectivity index (χ4n) is 2.78. The molecule has 0 spiro atoms. The summed E-state index contributed by atoms with van der Waals surface area (Å²) in [6, 6.07) is 5.60. The van der Waals surface area contributed by atoms with Crippen molar-refractivity contribution >= 4 is 5.97 Å². The van der Waals surface area contributed by atoms with E-state index in [1.54, 1.807) is 12.4 Å². The van der Waals surface area contributed by atoms with Crippen LogP contribution in [0, 0.1) is 11.8 Å². The number of nitrogens with zero attached hydrogens (tertiary/aromatic N) is 2. The molecule has 0 bridgehead atoms. The SMILES string of the molecule is O=C(O)C1CNCCC1Cc1cc(-c2ccncc2)on1. The first kappa shape index (κ1) is 13.8. The van der Waals surface area contributed by atoms with E-state index in [-0.39, 0.29) is 11.8 Å². The van der Waals surface area contributed by atoms with Gasteiger partial charge in [0.1, 0.15) is 0 Å². The number of hydrogen-bond acceptors (Lipinski definition) is 5. The van der Waals surface area contributed by atoms with Crippen LogP contribution in [0.1, 0.15) is 12.1 Å². The lowest BCUT2D eigenvalue weighted by Crippen LogP contribution is -2.41. The van der Waals surface area contributed by atoms with Gasteiger partial charge in [-0.1, -0.05) is 5.16 Å². The molecule has 1 aliphatic heterocycles. The molecule has 3 heterocycles. The third-order valence-corrected chi connectivity index (χ3v) is 3.94. The van der Waals surface area contributed by atoms with Crippen LogP contribution in [0.15, 0.2) is 35.1 Å². The van der Waals surface area contributed by atoms with Gasteiger partial charge in [0.05, 0.1) is 11.6 Å². The molecule has 1 aliphatic rings. The first-order valence-electron chi connectivity index (χ1n) is 7.03. The van der Waals surface area contributed by atoms with E-state index in [1.165, 1.54) is 0 Å². The second kappa shape index (κ2) is 6.05. The van der Waals surface area contributed by atoms with E-state index >= 15 is 0 Å². The number of pyridine rings is 1. The van der Waals surface area contributed by atoms with Crippen LogP contribution in [-0.2, 0) is 11.2 Å². The molecule has 0 radical (unpaired) electrons. The zero-order valence-electron chi connectivity index (χ0n) is 11.5. The predicted octanol–water partition coefficient (Wildman–Crippen LogP) is 1.59. The minimum absolute atomic E-state index is 0.0964. The third kappa shape index (κ3) is 3.11. The van der Waals surface area contributed by atoms with Crippen LogP contribution in [0.2, 0.25) is 0 Å². The average molecular weight is 287 g/mol. The highest BCUT2D eigenvalue weighted by Gasteiger charge is 2.31. The molecule has 3 rings (SSSR count). The van der Waals surface area contributed by atoms with Crippen molar-refractivity contribution in [1.82, 2.24) is 15.5 Å². The predicted molar refractivity (Wildman–Crippen MR) is 75.5 cm³/mol. The summed E-state index contributed by atoms with van der Waals surface area (Å²) in [6.45, 7) is 1.37. The Morgan fingerprint density at radius 3 is 3.00 bits per heavy atom. The second-order valence-electron chi connectivity index (χ2n) is 5.32. The van der Waals surface area contributed by atoms with Crippen molar-refractivity contribution in [3.05, 3.63) is 36.3 Å². The van der Waals surface area contributed by atoms with Gasteiger partial charge < -0.3 is 14.9 Å². The number of aliphatic carboxylic acids is 1. The molecule has 2 aromatic rings. The largest absolute Gasteiger partial charge is 0.481 e. The summed E-state index contributed by atoms with van der Waals surface area (Å²) in [5.74, 6) is -0.322. The fourth-order valence-corrected chi connectivity index (χ4v) is 2.78. The van der Waals surface area contributed by atoms with Crippen molar-refractivity contribution in [2.24, 2.45) is 11.8 Å². The van der Waals surface area contributed by atoms with Crippen LogP contribution in [0.5, 0.6) is 0 Å². The smallest absolute Gasteiger partial charge is 0.308 e. The summed E-state index contributed by atoms with van der Waals surface area (Å²) in [4.78, 5) is 15.3. The van der Waals surface area contributed by atoms with Crippen LogP contribution >= 0.6 is 0 Å². The summed E-state index contributed by atoms with van der Waals surface area (Å²) in [5.41, 5.74) is 1.73. The Morgan fingerprint density at radius 1 is 1.43 bits per heavy atom. The molecule has 1 fully saturated rings. The molecule has 110 valence electrons. The Labute approximate surface area is 122 Å². The van der Waals surface area contributed by atoms with Crippen molar-refractivity contribution in [1.29, 1.82) is 0 Å². The summed E-state index contributed by atoms with van der Waals surface area (Å²) in [7, 11) is 0. The van der Waals surface area contributed by atoms with Crippen molar-refractivity contribution < 1.29 is 14.4 Å². The number of hydrogen-bond donors (Lipinski definition) is 2. The van der Waals surface area contributed by atoms with E-state index in [0.29, 0.717) is 18.7 Å². The van der Waals surface area contributed by atoms with Crippen molar-refractivity contribution in [2.45, 2.75) is 12.8 Å². The molecule has 2 unspecified atom stereocenters. The number of carboxylic acids is 1. The molecular formula is C15H17N3O3. The van der Waals surface area contributed by atoms with Gasteiger partial charge in [-0.05, 0) is 37.4 Å². The fraction of sp³-hybridized carbons (Fsp3) is 0.400. The van der Waals surface area contributed by atoms with Gasteiger partial charge in [-0.2, -0.15) is 0 Å². The maximum Gasteiger partial charge on any atom is 0.308 e. The molecule has 2 aromatic heterocycles. The Bertz CT molecular complexity index is 612. The highest BCUT2D eigenvalue weighted by Crippen LogP contribution is 2.26. The number of nitrogens with one attached hydrogen (secondary N) is 1. The number of piperidine rings is 1. The topological polar surface area (TPSA) is 88.2 Å². The standard InChI is InChI=1S/C15H17N3O3/c19-15(20)13-9-17-6-3-11(13)7-12-8-14(21-18-12)10-1-4-16-5-2-10/h1-2,4-5,8,11,13,17H,3,6-7,9H2,(H,19,20). The van der Waals surface area contributed by atoms with Gasteiger partial charge in [-0.3, -0.25) is 9.78 Å². The van der Waals surface area contributed by atoms with E-state index in [0.717, 1.165) is 24.2 Å². The van der Waals surface area contributed by atoms with E-state index in [4.69, 9.17) is 4.52 Å². The molecule has 0 amide bonds. The van der Waals surface area contributed by atoms with Crippen molar-refractivity contribution in [3.63, 3.8) is 0 Å². The molecule has 6 heteroatoms. The quantitative estimate of drug-likeness (QED) is 0.887. The van der Waals surface area contributed by atoms with Gasteiger partial charge in [-0.25, -0.2) is 0 Å². The maximum atomic E-state index is 11.3. The normalized spacial score (nSPS) is 22.1. The Kier molecular flexibility index (Phi) is 3.96. The van der Waals surface area contributed by atoms with Gasteiger partial charge in [0.15, 0.2) is 5.76 Å². The molecule has 0 saturated carbocycles. The molecule has 1 saturated heterocycles. The van der Waals surface area contributed by atoms with Crippen LogP contribution in [0.4, 0.5) is 0 Å². The number of carbonyl (C=O) groups is 1. The van der Waals surface area contributed by atoms with Gasteiger partial charge in [0, 0.05) is 30.6 Å². The molecule has 0 aromatic carbocycles. The summed E-state index contributed by atoms with van der Waals surface area (Å²) < 4.78 is 5.35. The van der Waals surface area contributed by atoms with Crippen LogP contribution < -0.4 is 5.32 Å². The number of rotatable bonds is 4. The Hall–Kier alpha value is -2.21. The lowest BCUT2D eigenvalue weighted by Gasteiger charge is -2.28. The van der Waals surface area contributed by atoms with Crippen LogP contribution in [0.3, 0.4) is 0 Å². The summed E-state index contributed by atoms with van der Waals surface area (Å²) >= 11 is 0. The minimum Gasteiger partial charge on any atom is -0.481 e. The first-order chi connectivity index (χ1) is 10.2. The molecule has 21 heavy (non-hydrogen) atoms. The lowest BCUT2D eigenvalue weighted by molar-refractivity contribution is -0.144. The molecular weight excluding hydrogens is 270 g/mol. The van der Waals surface area contributed by atoms with Crippen molar-refractivity contribution in [3.8, 4) is 11.3 Å². The van der Waals surface area contributed by atoms with E-state index in [9.17, 15) is 9.90 Å². The van der Waals surface area contributed by atoms with Crippen molar-refractivity contribution in [2.75, 3.05) is 13.1 Å². The second-order valence-corrected chi connectivity index (χ2v) is 5.32. The van der Waals surface area contributed by atoms with Gasteiger partial charge in [0.2, 0.25) is 0 Å². The summed E-state index contributed by atoms with van der Waals surface area (Å²) in [5, 5.41) is 16.5.